The molecule has 1 fully saturated rings. The Labute approximate surface area is 121 Å². The molecule has 1 aromatic rings. The van der Waals surface area contributed by atoms with E-state index in [1.54, 1.807) is 0 Å². The lowest BCUT2D eigenvalue weighted by Crippen LogP contribution is -2.19. The molecular formula is C17H24OS. The molecule has 1 saturated heterocycles. The van der Waals surface area contributed by atoms with Crippen LogP contribution in [0.3, 0.4) is 0 Å². The first-order valence-electron chi connectivity index (χ1n) is 7.19. The third kappa shape index (κ3) is 3.85. The Kier molecular flexibility index (Phi) is 4.72. The molecule has 0 aromatic heterocycles. The molecule has 0 amide bonds. The van der Waals surface area contributed by atoms with Gasteiger partial charge in [-0.15, -0.1) is 0 Å². The van der Waals surface area contributed by atoms with Crippen LogP contribution in [0.25, 0.3) is 0 Å². The van der Waals surface area contributed by atoms with Gasteiger partial charge in [-0.1, -0.05) is 45.0 Å². The van der Waals surface area contributed by atoms with Gasteiger partial charge in [-0.2, -0.15) is 11.8 Å². The summed E-state index contributed by atoms with van der Waals surface area (Å²) in [6.45, 7) is 6.53. The van der Waals surface area contributed by atoms with Gasteiger partial charge in [0.05, 0.1) is 0 Å². The molecule has 1 aromatic carbocycles. The van der Waals surface area contributed by atoms with Gasteiger partial charge in [-0.25, -0.2) is 0 Å². The first-order valence-corrected chi connectivity index (χ1v) is 8.34. The summed E-state index contributed by atoms with van der Waals surface area (Å²) >= 11 is 2.02. The SMILES string of the molecule is CC(C)(C)c1ccccc1C(=O)CC1CCSCC1. The summed E-state index contributed by atoms with van der Waals surface area (Å²) in [5, 5.41) is 0. The van der Waals surface area contributed by atoms with E-state index in [1.165, 1.54) is 29.9 Å². The Morgan fingerprint density at radius 3 is 2.47 bits per heavy atom. The second kappa shape index (κ2) is 6.13. The molecule has 0 saturated carbocycles. The molecule has 0 aliphatic carbocycles. The van der Waals surface area contributed by atoms with Crippen LogP contribution in [0.2, 0.25) is 0 Å². The second-order valence-corrected chi connectivity index (χ2v) is 7.70. The topological polar surface area (TPSA) is 17.1 Å². The van der Waals surface area contributed by atoms with Crippen molar-refractivity contribution >= 4 is 17.5 Å². The number of carbonyl (C=O) groups is 1. The Balaban J connectivity index is 2.14. The van der Waals surface area contributed by atoms with E-state index >= 15 is 0 Å². The van der Waals surface area contributed by atoms with Gasteiger partial charge in [0.15, 0.2) is 5.78 Å². The summed E-state index contributed by atoms with van der Waals surface area (Å²) in [7, 11) is 0. The molecule has 0 atom stereocenters. The standard InChI is InChI=1S/C17H24OS/c1-17(2,3)15-7-5-4-6-14(15)16(18)12-13-8-10-19-11-9-13/h4-7,13H,8-12H2,1-3H3. The van der Waals surface area contributed by atoms with Crippen LogP contribution >= 0.6 is 11.8 Å². The van der Waals surface area contributed by atoms with Gasteiger partial charge in [0, 0.05) is 12.0 Å². The molecule has 1 aliphatic heterocycles. The lowest BCUT2D eigenvalue weighted by atomic mass is 9.81. The van der Waals surface area contributed by atoms with Gasteiger partial charge in [0.25, 0.3) is 0 Å². The fraction of sp³-hybridized carbons (Fsp3) is 0.588. The number of ketones is 1. The zero-order valence-electron chi connectivity index (χ0n) is 12.2. The number of thioether (sulfide) groups is 1. The number of hydrogen-bond acceptors (Lipinski definition) is 2. The number of hydrogen-bond donors (Lipinski definition) is 0. The predicted molar refractivity (Wildman–Crippen MR) is 84.1 cm³/mol. The molecule has 1 aliphatic rings. The maximum absolute atomic E-state index is 12.6. The largest absolute Gasteiger partial charge is 0.294 e. The van der Waals surface area contributed by atoms with Crippen LogP contribution in [0.15, 0.2) is 24.3 Å². The summed E-state index contributed by atoms with van der Waals surface area (Å²) in [6.07, 6.45) is 3.13. The van der Waals surface area contributed by atoms with E-state index in [2.05, 4.69) is 26.8 Å². The summed E-state index contributed by atoms with van der Waals surface area (Å²) < 4.78 is 0. The van der Waals surface area contributed by atoms with E-state index in [4.69, 9.17) is 0 Å². The Bertz CT molecular complexity index is 439. The first-order chi connectivity index (χ1) is 8.98. The van der Waals surface area contributed by atoms with Crippen LogP contribution in [0.5, 0.6) is 0 Å². The van der Waals surface area contributed by atoms with Gasteiger partial charge in [-0.05, 0) is 41.2 Å². The Morgan fingerprint density at radius 2 is 1.84 bits per heavy atom. The summed E-state index contributed by atoms with van der Waals surface area (Å²) in [4.78, 5) is 12.6. The van der Waals surface area contributed by atoms with Crippen molar-refractivity contribution in [2.45, 2.75) is 45.4 Å². The summed E-state index contributed by atoms with van der Waals surface area (Å²) in [5.74, 6) is 3.38. The molecule has 19 heavy (non-hydrogen) atoms. The monoisotopic (exact) mass is 276 g/mol. The smallest absolute Gasteiger partial charge is 0.163 e. The number of carbonyl (C=O) groups excluding carboxylic acids is 1. The number of rotatable bonds is 3. The van der Waals surface area contributed by atoms with Crippen molar-refractivity contribution in [2.24, 2.45) is 5.92 Å². The molecule has 2 rings (SSSR count). The van der Waals surface area contributed by atoms with Crippen molar-refractivity contribution in [2.75, 3.05) is 11.5 Å². The molecule has 0 radical (unpaired) electrons. The predicted octanol–water partition coefficient (Wildman–Crippen LogP) is 4.70. The fourth-order valence-corrected chi connectivity index (χ4v) is 3.91. The molecular weight excluding hydrogens is 252 g/mol. The van der Waals surface area contributed by atoms with E-state index in [0.717, 1.165) is 12.0 Å². The molecule has 0 bridgehead atoms. The normalized spacial score (nSPS) is 17.4. The quantitative estimate of drug-likeness (QED) is 0.744. The molecule has 1 nitrogen and oxygen atoms in total. The van der Waals surface area contributed by atoms with Crippen molar-refractivity contribution in [1.29, 1.82) is 0 Å². The highest BCUT2D eigenvalue weighted by molar-refractivity contribution is 7.99. The third-order valence-corrected chi connectivity index (χ3v) is 4.90. The number of Topliss-reactive ketones (excluding diaryl/α,β-unsaturated/α-hetero) is 1. The minimum atomic E-state index is 0.0364. The minimum absolute atomic E-state index is 0.0364. The average Bonchev–Trinajstić information content (AvgIpc) is 2.39. The highest BCUT2D eigenvalue weighted by atomic mass is 32.2. The third-order valence-electron chi connectivity index (χ3n) is 3.85. The maximum Gasteiger partial charge on any atom is 0.163 e. The lowest BCUT2D eigenvalue weighted by molar-refractivity contribution is 0.0956. The van der Waals surface area contributed by atoms with Crippen molar-refractivity contribution in [3.05, 3.63) is 35.4 Å². The molecule has 0 spiro atoms. The zero-order valence-corrected chi connectivity index (χ0v) is 13.1. The van der Waals surface area contributed by atoms with Crippen LogP contribution in [0.1, 0.15) is 56.0 Å². The van der Waals surface area contributed by atoms with Gasteiger partial charge in [0.2, 0.25) is 0 Å². The van der Waals surface area contributed by atoms with Crippen LogP contribution in [-0.4, -0.2) is 17.3 Å². The molecule has 2 heteroatoms. The average molecular weight is 276 g/mol. The van der Waals surface area contributed by atoms with Crippen LogP contribution in [0, 0.1) is 5.92 Å². The van der Waals surface area contributed by atoms with Gasteiger partial charge in [-0.3, -0.25) is 4.79 Å². The van der Waals surface area contributed by atoms with Crippen molar-refractivity contribution < 1.29 is 4.79 Å². The van der Waals surface area contributed by atoms with Gasteiger partial charge < -0.3 is 0 Å². The van der Waals surface area contributed by atoms with Crippen molar-refractivity contribution in [3.8, 4) is 0 Å². The Morgan fingerprint density at radius 1 is 1.21 bits per heavy atom. The summed E-state index contributed by atoms with van der Waals surface area (Å²) in [6, 6.07) is 8.12. The lowest BCUT2D eigenvalue weighted by Gasteiger charge is -2.24. The maximum atomic E-state index is 12.6. The van der Waals surface area contributed by atoms with Crippen LogP contribution in [-0.2, 0) is 5.41 Å². The van der Waals surface area contributed by atoms with Crippen LogP contribution in [0.4, 0.5) is 0 Å². The molecule has 1 heterocycles. The minimum Gasteiger partial charge on any atom is -0.294 e. The molecule has 0 N–H and O–H groups in total. The van der Waals surface area contributed by atoms with Crippen molar-refractivity contribution in [3.63, 3.8) is 0 Å². The number of benzene rings is 1. The fourth-order valence-electron chi connectivity index (χ4n) is 2.70. The van der Waals surface area contributed by atoms with E-state index < -0.39 is 0 Å². The van der Waals surface area contributed by atoms with E-state index in [-0.39, 0.29) is 5.41 Å². The Hall–Kier alpha value is -0.760. The van der Waals surface area contributed by atoms with E-state index in [0.29, 0.717) is 11.7 Å². The summed E-state index contributed by atoms with van der Waals surface area (Å²) in [5.41, 5.74) is 2.16. The van der Waals surface area contributed by atoms with Crippen molar-refractivity contribution in [1.82, 2.24) is 0 Å². The van der Waals surface area contributed by atoms with E-state index in [1.807, 2.05) is 30.0 Å². The van der Waals surface area contributed by atoms with Crippen LogP contribution < -0.4 is 0 Å². The first kappa shape index (κ1) is 14.6. The second-order valence-electron chi connectivity index (χ2n) is 6.48. The highest BCUT2D eigenvalue weighted by Crippen LogP contribution is 2.30. The van der Waals surface area contributed by atoms with Gasteiger partial charge >= 0.3 is 0 Å². The highest BCUT2D eigenvalue weighted by Gasteiger charge is 2.23. The molecule has 104 valence electrons. The zero-order chi connectivity index (χ0) is 13.9. The molecule has 0 unspecified atom stereocenters. The van der Waals surface area contributed by atoms with Gasteiger partial charge in [0.1, 0.15) is 0 Å². The van der Waals surface area contributed by atoms with E-state index in [9.17, 15) is 4.79 Å².